The number of rotatable bonds is 5. The van der Waals surface area contributed by atoms with Gasteiger partial charge < -0.3 is 11.1 Å². The maximum absolute atomic E-state index is 13.0. The summed E-state index contributed by atoms with van der Waals surface area (Å²) in [6.45, 7) is 3.60. The van der Waals surface area contributed by atoms with Crippen LogP contribution in [0.15, 0.2) is 18.2 Å². The summed E-state index contributed by atoms with van der Waals surface area (Å²) in [4.78, 5) is 15.3. The molecule has 1 unspecified atom stereocenters. The Bertz CT molecular complexity index is 729. The van der Waals surface area contributed by atoms with E-state index in [0.29, 0.717) is 16.0 Å². The largest absolute Gasteiger partial charge is 0.351 e. The molecular formula is C23H32ClN3O. The van der Waals surface area contributed by atoms with Crippen molar-refractivity contribution in [2.75, 3.05) is 19.6 Å². The van der Waals surface area contributed by atoms with Crippen molar-refractivity contribution in [3.8, 4) is 0 Å². The summed E-state index contributed by atoms with van der Waals surface area (Å²) in [6.07, 6.45) is 9.27. The second-order valence-electron chi connectivity index (χ2n) is 10.2. The van der Waals surface area contributed by atoms with E-state index >= 15 is 0 Å². The Morgan fingerprint density at radius 2 is 1.86 bits per heavy atom. The Hall–Kier alpha value is -1.10. The summed E-state index contributed by atoms with van der Waals surface area (Å²) in [5.74, 6) is 2.70. The molecule has 4 aliphatic carbocycles. The van der Waals surface area contributed by atoms with Crippen molar-refractivity contribution in [2.24, 2.45) is 28.9 Å². The van der Waals surface area contributed by atoms with E-state index < -0.39 is 0 Å². The normalized spacial score (nSPS) is 36.8. The molecule has 1 amide bonds. The highest BCUT2D eigenvalue weighted by Gasteiger charge is 2.50. The molecular weight excluding hydrogens is 370 g/mol. The molecule has 1 aromatic carbocycles. The van der Waals surface area contributed by atoms with Crippen LogP contribution in [-0.2, 0) is 6.54 Å². The zero-order valence-electron chi connectivity index (χ0n) is 16.6. The minimum absolute atomic E-state index is 0.0132. The number of likely N-dealkylation sites (tertiary alicyclic amines) is 1. The van der Waals surface area contributed by atoms with Gasteiger partial charge in [0.15, 0.2) is 0 Å². The van der Waals surface area contributed by atoms with Crippen LogP contribution in [0.3, 0.4) is 0 Å². The molecule has 1 aliphatic heterocycles. The lowest BCUT2D eigenvalue weighted by atomic mass is 9.49. The third-order valence-electron chi connectivity index (χ3n) is 7.78. The quantitative estimate of drug-likeness (QED) is 0.788. The molecule has 1 heterocycles. The molecule has 1 aromatic rings. The van der Waals surface area contributed by atoms with Crippen molar-refractivity contribution in [2.45, 2.75) is 57.5 Å². The van der Waals surface area contributed by atoms with Gasteiger partial charge in [0.25, 0.3) is 5.91 Å². The molecule has 4 bridgehead atoms. The van der Waals surface area contributed by atoms with Crippen LogP contribution in [0.5, 0.6) is 0 Å². The molecule has 4 saturated carbocycles. The summed E-state index contributed by atoms with van der Waals surface area (Å²) < 4.78 is 0. The van der Waals surface area contributed by atoms with Gasteiger partial charge in [0.05, 0.1) is 10.6 Å². The zero-order valence-corrected chi connectivity index (χ0v) is 17.4. The first-order valence-corrected chi connectivity index (χ1v) is 11.4. The van der Waals surface area contributed by atoms with Crippen LogP contribution >= 0.6 is 11.6 Å². The van der Waals surface area contributed by atoms with Crippen molar-refractivity contribution in [1.29, 1.82) is 0 Å². The first kappa shape index (κ1) is 18.9. The molecule has 0 radical (unpaired) electrons. The van der Waals surface area contributed by atoms with Gasteiger partial charge in [-0.25, -0.2) is 0 Å². The van der Waals surface area contributed by atoms with Gasteiger partial charge in [0.2, 0.25) is 0 Å². The maximum atomic E-state index is 13.0. The lowest BCUT2D eigenvalue weighted by molar-refractivity contribution is -0.0503. The van der Waals surface area contributed by atoms with Crippen LogP contribution in [0.1, 0.15) is 60.9 Å². The molecule has 0 spiro atoms. The average molecular weight is 402 g/mol. The highest BCUT2D eigenvalue weighted by molar-refractivity contribution is 6.33. The SMILES string of the molecule is NC1CCN(Cc2ccc(Cl)c(C(=O)NCC34CC5CC(CC(C5)C3)C4)c2)C1. The van der Waals surface area contributed by atoms with Crippen molar-refractivity contribution in [3.05, 3.63) is 34.3 Å². The van der Waals surface area contributed by atoms with Gasteiger partial charge in [-0.2, -0.15) is 0 Å². The Morgan fingerprint density at radius 1 is 1.18 bits per heavy atom. The van der Waals surface area contributed by atoms with E-state index in [4.69, 9.17) is 17.3 Å². The molecule has 5 aliphatic rings. The Balaban J connectivity index is 1.24. The minimum atomic E-state index is -0.0132. The number of carbonyl (C=O) groups excluding carboxylic acids is 1. The molecule has 6 rings (SSSR count). The number of carbonyl (C=O) groups is 1. The predicted octanol–water partition coefficient (Wildman–Crippen LogP) is 3.82. The molecule has 5 heteroatoms. The number of nitrogens with zero attached hydrogens (tertiary/aromatic N) is 1. The highest BCUT2D eigenvalue weighted by atomic mass is 35.5. The first-order chi connectivity index (χ1) is 13.5. The number of benzene rings is 1. The number of nitrogens with two attached hydrogens (primary N) is 1. The molecule has 152 valence electrons. The van der Waals surface area contributed by atoms with E-state index in [1.807, 2.05) is 18.2 Å². The minimum Gasteiger partial charge on any atom is -0.351 e. The number of amides is 1. The van der Waals surface area contributed by atoms with Crippen LogP contribution in [0.2, 0.25) is 5.02 Å². The standard InChI is InChI=1S/C23H32ClN3O/c24-21-2-1-15(12-27-4-3-19(25)13-27)8-20(21)22(28)26-14-23-9-16-5-17(10-23)7-18(6-16)11-23/h1-2,8,16-19H,3-7,9-14,25H2,(H,26,28). The fourth-order valence-corrected chi connectivity index (χ4v) is 7.18. The lowest BCUT2D eigenvalue weighted by Gasteiger charge is -2.56. The molecule has 5 fully saturated rings. The van der Waals surface area contributed by atoms with E-state index in [1.165, 1.54) is 38.5 Å². The van der Waals surface area contributed by atoms with E-state index in [2.05, 4.69) is 10.2 Å². The van der Waals surface area contributed by atoms with E-state index in [1.54, 1.807) is 0 Å². The van der Waals surface area contributed by atoms with E-state index in [-0.39, 0.29) is 11.9 Å². The summed E-state index contributed by atoms with van der Waals surface area (Å²) in [7, 11) is 0. The van der Waals surface area contributed by atoms with Crippen molar-refractivity contribution >= 4 is 17.5 Å². The summed E-state index contributed by atoms with van der Waals surface area (Å²) >= 11 is 6.39. The van der Waals surface area contributed by atoms with Gasteiger partial charge in [-0.3, -0.25) is 9.69 Å². The number of halogens is 1. The third-order valence-corrected chi connectivity index (χ3v) is 8.11. The van der Waals surface area contributed by atoms with Crippen LogP contribution in [0.25, 0.3) is 0 Å². The molecule has 1 saturated heterocycles. The van der Waals surface area contributed by atoms with Gasteiger partial charge in [-0.1, -0.05) is 17.7 Å². The van der Waals surface area contributed by atoms with Gasteiger partial charge in [-0.05, 0) is 85.8 Å². The van der Waals surface area contributed by atoms with Crippen LogP contribution in [0.4, 0.5) is 0 Å². The Labute approximate surface area is 173 Å². The van der Waals surface area contributed by atoms with Crippen LogP contribution in [0, 0.1) is 23.2 Å². The highest BCUT2D eigenvalue weighted by Crippen LogP contribution is 2.59. The van der Waals surface area contributed by atoms with Crippen molar-refractivity contribution in [1.82, 2.24) is 10.2 Å². The van der Waals surface area contributed by atoms with E-state index in [9.17, 15) is 4.79 Å². The summed E-state index contributed by atoms with van der Waals surface area (Å²) in [5, 5.41) is 3.81. The van der Waals surface area contributed by atoms with Gasteiger partial charge in [-0.15, -0.1) is 0 Å². The number of nitrogens with one attached hydrogen (secondary N) is 1. The molecule has 28 heavy (non-hydrogen) atoms. The maximum Gasteiger partial charge on any atom is 0.252 e. The molecule has 3 N–H and O–H groups in total. The van der Waals surface area contributed by atoms with Gasteiger partial charge in [0, 0.05) is 32.2 Å². The molecule has 0 aromatic heterocycles. The zero-order chi connectivity index (χ0) is 19.3. The summed E-state index contributed by atoms with van der Waals surface area (Å²) in [6, 6.07) is 6.14. The Kier molecular flexibility index (Phi) is 4.93. The monoisotopic (exact) mass is 401 g/mol. The van der Waals surface area contributed by atoms with Gasteiger partial charge >= 0.3 is 0 Å². The van der Waals surface area contributed by atoms with Crippen LogP contribution in [-0.4, -0.2) is 36.5 Å². The average Bonchev–Trinajstić information content (AvgIpc) is 3.05. The molecule has 4 nitrogen and oxygen atoms in total. The first-order valence-electron chi connectivity index (χ1n) is 11.0. The van der Waals surface area contributed by atoms with Crippen molar-refractivity contribution in [3.63, 3.8) is 0 Å². The van der Waals surface area contributed by atoms with Gasteiger partial charge in [0.1, 0.15) is 0 Å². The fraction of sp³-hybridized carbons (Fsp3) is 0.696. The topological polar surface area (TPSA) is 58.4 Å². The fourth-order valence-electron chi connectivity index (χ4n) is 6.98. The van der Waals surface area contributed by atoms with Crippen molar-refractivity contribution < 1.29 is 4.79 Å². The molecule has 1 atom stereocenters. The number of hydrogen-bond acceptors (Lipinski definition) is 3. The second-order valence-corrected chi connectivity index (χ2v) is 10.6. The predicted molar refractivity (Wildman–Crippen MR) is 112 cm³/mol. The third kappa shape index (κ3) is 3.71. The van der Waals surface area contributed by atoms with Crippen LogP contribution < -0.4 is 11.1 Å². The summed E-state index contributed by atoms with van der Waals surface area (Å²) in [5.41, 5.74) is 8.12. The smallest absolute Gasteiger partial charge is 0.252 e. The second kappa shape index (κ2) is 7.30. The number of hydrogen-bond donors (Lipinski definition) is 2. The Morgan fingerprint density at radius 3 is 2.46 bits per heavy atom. The lowest BCUT2D eigenvalue weighted by Crippen LogP contribution is -2.51. The van der Waals surface area contributed by atoms with E-state index in [0.717, 1.165) is 55.9 Å².